The number of carbonyl (C=O) groups excluding carboxylic acids is 1. The molecule has 0 unspecified atom stereocenters. The van der Waals surface area contributed by atoms with Crippen molar-refractivity contribution in [1.29, 1.82) is 0 Å². The van der Waals surface area contributed by atoms with E-state index < -0.39 is 0 Å². The Kier molecular flexibility index (Phi) is 4.97. The van der Waals surface area contributed by atoms with E-state index in [9.17, 15) is 4.79 Å². The van der Waals surface area contributed by atoms with Gasteiger partial charge in [-0.25, -0.2) is 4.98 Å². The fraction of sp³-hybridized carbons (Fsp3) is 0.500. The van der Waals surface area contributed by atoms with Gasteiger partial charge in [-0.3, -0.25) is 4.79 Å². The highest BCUT2D eigenvalue weighted by molar-refractivity contribution is 7.22. The zero-order valence-electron chi connectivity index (χ0n) is 13.3. The van der Waals surface area contributed by atoms with Gasteiger partial charge in [-0.2, -0.15) is 0 Å². The molecule has 0 saturated carbocycles. The summed E-state index contributed by atoms with van der Waals surface area (Å²) in [5.74, 6) is 1.25. The van der Waals surface area contributed by atoms with Gasteiger partial charge < -0.3 is 19.5 Å². The SMILES string of the molecule is COc1cc2nc(NC(=O)CC[C@@H]3CCCO3)sc2cc1OC. The molecule has 3 rings (SSSR count). The summed E-state index contributed by atoms with van der Waals surface area (Å²) in [5.41, 5.74) is 0.780. The van der Waals surface area contributed by atoms with Gasteiger partial charge in [-0.15, -0.1) is 0 Å². The summed E-state index contributed by atoms with van der Waals surface area (Å²) in [4.78, 5) is 16.5. The minimum absolute atomic E-state index is 0.0292. The molecule has 0 aliphatic carbocycles. The first-order chi connectivity index (χ1) is 11.2. The van der Waals surface area contributed by atoms with Gasteiger partial charge in [0.2, 0.25) is 5.91 Å². The third-order valence-electron chi connectivity index (χ3n) is 3.86. The Bertz CT molecular complexity index is 654. The minimum Gasteiger partial charge on any atom is -0.493 e. The fourth-order valence-electron chi connectivity index (χ4n) is 2.65. The maximum absolute atomic E-state index is 12.0. The van der Waals surface area contributed by atoms with Gasteiger partial charge in [-0.1, -0.05) is 11.3 Å². The highest BCUT2D eigenvalue weighted by Crippen LogP contribution is 2.36. The van der Waals surface area contributed by atoms with E-state index >= 15 is 0 Å². The van der Waals surface area contributed by atoms with Gasteiger partial charge >= 0.3 is 0 Å². The fourth-order valence-corrected chi connectivity index (χ4v) is 3.55. The van der Waals surface area contributed by atoms with Crippen LogP contribution in [0.3, 0.4) is 0 Å². The van der Waals surface area contributed by atoms with Crippen molar-refractivity contribution in [2.24, 2.45) is 0 Å². The summed E-state index contributed by atoms with van der Waals surface area (Å²) >= 11 is 1.42. The molecule has 1 saturated heterocycles. The summed E-state index contributed by atoms with van der Waals surface area (Å²) in [6.07, 6.45) is 3.58. The Hall–Kier alpha value is -1.86. The molecular weight excluding hydrogens is 316 g/mol. The number of nitrogens with one attached hydrogen (secondary N) is 1. The lowest BCUT2D eigenvalue weighted by atomic mass is 10.1. The zero-order valence-corrected chi connectivity index (χ0v) is 14.1. The molecule has 1 aromatic heterocycles. The average Bonchev–Trinajstić information content (AvgIpc) is 3.20. The second kappa shape index (κ2) is 7.14. The maximum atomic E-state index is 12.0. The largest absolute Gasteiger partial charge is 0.493 e. The van der Waals surface area contributed by atoms with Gasteiger partial charge in [0, 0.05) is 25.2 Å². The van der Waals surface area contributed by atoms with Crippen molar-refractivity contribution in [3.8, 4) is 11.5 Å². The van der Waals surface area contributed by atoms with Crippen molar-refractivity contribution in [2.75, 3.05) is 26.1 Å². The van der Waals surface area contributed by atoms with Crippen molar-refractivity contribution in [3.05, 3.63) is 12.1 Å². The smallest absolute Gasteiger partial charge is 0.226 e. The van der Waals surface area contributed by atoms with Crippen LogP contribution in [0.4, 0.5) is 5.13 Å². The molecule has 1 atom stereocenters. The van der Waals surface area contributed by atoms with Gasteiger partial charge in [0.15, 0.2) is 16.6 Å². The normalized spacial score (nSPS) is 17.4. The Labute approximate surface area is 138 Å². The number of thiazole rings is 1. The standard InChI is InChI=1S/C16H20N2O4S/c1-20-12-8-11-14(9-13(12)21-2)23-16(17-11)18-15(19)6-5-10-4-3-7-22-10/h8-10H,3-7H2,1-2H3,(H,17,18,19)/t10-/m0/s1. The highest BCUT2D eigenvalue weighted by atomic mass is 32.1. The Morgan fingerprint density at radius 1 is 1.39 bits per heavy atom. The first-order valence-electron chi connectivity index (χ1n) is 7.63. The zero-order chi connectivity index (χ0) is 16.2. The summed E-state index contributed by atoms with van der Waals surface area (Å²) in [6, 6.07) is 3.68. The molecule has 1 aromatic carbocycles. The van der Waals surface area contributed by atoms with Crippen LogP contribution < -0.4 is 14.8 Å². The molecule has 124 valence electrons. The number of amides is 1. The van der Waals surface area contributed by atoms with Gasteiger partial charge in [0.25, 0.3) is 0 Å². The summed E-state index contributed by atoms with van der Waals surface area (Å²) < 4.78 is 17.0. The lowest BCUT2D eigenvalue weighted by molar-refractivity contribution is -0.116. The highest BCUT2D eigenvalue weighted by Gasteiger charge is 2.17. The Morgan fingerprint density at radius 2 is 2.17 bits per heavy atom. The number of hydrogen-bond donors (Lipinski definition) is 1. The van der Waals surface area contributed by atoms with Crippen molar-refractivity contribution >= 4 is 32.6 Å². The molecule has 7 heteroatoms. The van der Waals surface area contributed by atoms with E-state index in [-0.39, 0.29) is 12.0 Å². The Balaban J connectivity index is 1.66. The Morgan fingerprint density at radius 3 is 2.87 bits per heavy atom. The van der Waals surface area contributed by atoms with Crippen LogP contribution in [0.5, 0.6) is 11.5 Å². The van der Waals surface area contributed by atoms with Crippen molar-refractivity contribution in [2.45, 2.75) is 31.8 Å². The van der Waals surface area contributed by atoms with Crippen LogP contribution in [0.25, 0.3) is 10.2 Å². The van der Waals surface area contributed by atoms with Crippen LogP contribution in [0.2, 0.25) is 0 Å². The first-order valence-corrected chi connectivity index (χ1v) is 8.45. The number of carbonyl (C=O) groups is 1. The summed E-state index contributed by atoms with van der Waals surface area (Å²) in [7, 11) is 3.18. The first kappa shape index (κ1) is 16.0. The van der Waals surface area contributed by atoms with Gasteiger partial charge in [0.1, 0.15) is 0 Å². The summed E-state index contributed by atoms with van der Waals surface area (Å²) in [5, 5.41) is 3.45. The quantitative estimate of drug-likeness (QED) is 0.877. The number of fused-ring (bicyclic) bond motifs is 1. The lowest BCUT2D eigenvalue weighted by Crippen LogP contribution is -2.15. The predicted octanol–water partition coefficient (Wildman–Crippen LogP) is 3.21. The second-order valence-electron chi connectivity index (χ2n) is 5.42. The van der Waals surface area contributed by atoms with Crippen LogP contribution in [0.1, 0.15) is 25.7 Å². The molecule has 2 heterocycles. The molecule has 2 aromatic rings. The second-order valence-corrected chi connectivity index (χ2v) is 6.45. The average molecular weight is 336 g/mol. The number of hydrogen-bond acceptors (Lipinski definition) is 6. The molecule has 1 aliphatic heterocycles. The number of methoxy groups -OCH3 is 2. The van der Waals surface area contributed by atoms with Crippen molar-refractivity contribution in [1.82, 2.24) is 4.98 Å². The molecular formula is C16H20N2O4S. The van der Waals surface area contributed by atoms with Gasteiger partial charge in [-0.05, 0) is 19.3 Å². The van der Waals surface area contributed by atoms with Crippen LogP contribution in [0, 0.1) is 0 Å². The van der Waals surface area contributed by atoms with E-state index in [1.165, 1.54) is 11.3 Å². The number of ether oxygens (including phenoxy) is 3. The number of anilines is 1. The van der Waals surface area contributed by atoms with E-state index in [1.807, 2.05) is 12.1 Å². The van der Waals surface area contributed by atoms with Crippen molar-refractivity contribution < 1.29 is 19.0 Å². The number of rotatable bonds is 6. The summed E-state index contributed by atoms with van der Waals surface area (Å²) in [6.45, 7) is 0.813. The molecule has 1 fully saturated rings. The molecule has 23 heavy (non-hydrogen) atoms. The van der Waals surface area contributed by atoms with Crippen LogP contribution in [0.15, 0.2) is 12.1 Å². The van der Waals surface area contributed by atoms with E-state index in [1.54, 1.807) is 14.2 Å². The molecule has 0 radical (unpaired) electrons. The molecule has 0 bridgehead atoms. The third-order valence-corrected chi connectivity index (χ3v) is 4.79. The maximum Gasteiger partial charge on any atom is 0.226 e. The minimum atomic E-state index is -0.0292. The van der Waals surface area contributed by atoms with Crippen molar-refractivity contribution in [3.63, 3.8) is 0 Å². The van der Waals surface area contributed by atoms with E-state index in [4.69, 9.17) is 14.2 Å². The van der Waals surface area contributed by atoms with E-state index in [0.717, 1.165) is 36.1 Å². The van der Waals surface area contributed by atoms with Crippen LogP contribution >= 0.6 is 11.3 Å². The topological polar surface area (TPSA) is 69.7 Å². The number of aromatic nitrogens is 1. The number of benzene rings is 1. The molecule has 6 nitrogen and oxygen atoms in total. The lowest BCUT2D eigenvalue weighted by Gasteiger charge is -2.07. The molecule has 0 spiro atoms. The predicted molar refractivity (Wildman–Crippen MR) is 89.6 cm³/mol. The van der Waals surface area contributed by atoms with E-state index in [2.05, 4.69) is 10.3 Å². The number of nitrogens with zero attached hydrogens (tertiary/aromatic N) is 1. The monoisotopic (exact) mass is 336 g/mol. The van der Waals surface area contributed by atoms with E-state index in [0.29, 0.717) is 23.1 Å². The van der Waals surface area contributed by atoms with Gasteiger partial charge in [0.05, 0.1) is 30.5 Å². The molecule has 1 N–H and O–H groups in total. The molecule has 1 amide bonds. The molecule has 1 aliphatic rings. The third kappa shape index (κ3) is 3.73. The van der Waals surface area contributed by atoms with Crippen LogP contribution in [-0.4, -0.2) is 37.8 Å². The van der Waals surface area contributed by atoms with Crippen LogP contribution in [-0.2, 0) is 9.53 Å².